The van der Waals surface area contributed by atoms with Gasteiger partial charge in [-0.15, -0.1) is 0 Å². The number of pyridine rings is 1. The van der Waals surface area contributed by atoms with Gasteiger partial charge < -0.3 is 11.6 Å². The van der Waals surface area contributed by atoms with E-state index in [1.54, 1.807) is 12.3 Å². The lowest BCUT2D eigenvalue weighted by Crippen LogP contribution is -2.15. The minimum atomic E-state index is 0.206. The van der Waals surface area contributed by atoms with Crippen LogP contribution < -0.4 is 11.6 Å². The molecule has 0 atom stereocenters. The Kier molecular flexibility index (Phi) is 2.28. The van der Waals surface area contributed by atoms with E-state index >= 15 is 0 Å². The normalized spacial score (nSPS) is 11.5. The van der Waals surface area contributed by atoms with Gasteiger partial charge in [0.15, 0.2) is 5.84 Å². The Bertz CT molecular complexity index is 284. The summed E-state index contributed by atoms with van der Waals surface area (Å²) in [6, 6.07) is 1.65. The molecule has 1 rings (SSSR count). The monoisotopic (exact) mass is 170 g/mol. The highest BCUT2D eigenvalue weighted by Crippen LogP contribution is 2.11. The maximum atomic E-state index is 5.72. The minimum Gasteiger partial charge on any atom is -0.382 e. The Morgan fingerprint density at radius 2 is 2.36 bits per heavy atom. The average molecular weight is 171 g/mol. The Balaban J connectivity index is 3.14. The molecule has 4 N–H and O–H groups in total. The first-order valence-electron chi connectivity index (χ1n) is 2.89. The summed E-state index contributed by atoms with van der Waals surface area (Å²) in [5.41, 5.74) is 6.01. The van der Waals surface area contributed by atoms with Crippen molar-refractivity contribution < 1.29 is 0 Å². The molecule has 0 bridgehead atoms. The fourth-order valence-corrected chi connectivity index (χ4v) is 0.869. The van der Waals surface area contributed by atoms with Gasteiger partial charge in [-0.25, -0.2) is 0 Å². The van der Waals surface area contributed by atoms with Crippen molar-refractivity contribution in [3.05, 3.63) is 29.0 Å². The van der Waals surface area contributed by atoms with Crippen LogP contribution in [-0.2, 0) is 0 Å². The number of nitrogens with zero attached hydrogens (tertiary/aromatic N) is 2. The highest BCUT2D eigenvalue weighted by atomic mass is 35.5. The summed E-state index contributed by atoms with van der Waals surface area (Å²) >= 11 is 5.72. The highest BCUT2D eigenvalue weighted by Gasteiger charge is 2.01. The molecular formula is C6H7ClN4. The number of aromatic nitrogens is 1. The number of nitrogens with two attached hydrogens (primary N) is 2. The van der Waals surface area contributed by atoms with Crippen LogP contribution in [-0.4, -0.2) is 10.8 Å². The predicted molar refractivity (Wildman–Crippen MR) is 44.2 cm³/mol. The quantitative estimate of drug-likeness (QED) is 0.276. The third-order valence-corrected chi connectivity index (χ3v) is 1.49. The molecule has 0 saturated heterocycles. The van der Waals surface area contributed by atoms with Crippen LogP contribution in [0.3, 0.4) is 0 Å². The van der Waals surface area contributed by atoms with Gasteiger partial charge in [-0.1, -0.05) is 11.6 Å². The molecule has 0 fully saturated rings. The van der Waals surface area contributed by atoms with Crippen LogP contribution in [0.15, 0.2) is 23.6 Å². The zero-order valence-electron chi connectivity index (χ0n) is 5.66. The van der Waals surface area contributed by atoms with Crippen LogP contribution in [0, 0.1) is 0 Å². The first-order chi connectivity index (χ1) is 5.25. The number of amidine groups is 1. The molecule has 0 spiro atoms. The van der Waals surface area contributed by atoms with E-state index in [1.807, 2.05) is 0 Å². The van der Waals surface area contributed by atoms with Crippen molar-refractivity contribution in [3.63, 3.8) is 0 Å². The molecule has 1 aromatic heterocycles. The van der Waals surface area contributed by atoms with Gasteiger partial charge in [0.1, 0.15) is 0 Å². The maximum Gasteiger partial charge on any atom is 0.151 e. The Labute approximate surface area is 68.9 Å². The van der Waals surface area contributed by atoms with Gasteiger partial charge >= 0.3 is 0 Å². The zero-order chi connectivity index (χ0) is 8.27. The standard InChI is InChI=1S/C6H7ClN4/c7-5-3-10-2-1-4(5)6(8)11-9/h1-3H,9H2,(H2,8,11). The molecule has 0 aromatic carbocycles. The Morgan fingerprint density at radius 1 is 1.64 bits per heavy atom. The molecule has 4 nitrogen and oxygen atoms in total. The van der Waals surface area contributed by atoms with Gasteiger partial charge in [-0.2, -0.15) is 5.10 Å². The fraction of sp³-hybridized carbons (Fsp3) is 0. The van der Waals surface area contributed by atoms with Gasteiger partial charge in [-0.05, 0) is 6.07 Å². The number of rotatable bonds is 1. The van der Waals surface area contributed by atoms with E-state index in [2.05, 4.69) is 10.1 Å². The van der Waals surface area contributed by atoms with E-state index in [1.165, 1.54) is 6.20 Å². The van der Waals surface area contributed by atoms with Crippen molar-refractivity contribution >= 4 is 17.4 Å². The van der Waals surface area contributed by atoms with Crippen LogP contribution in [0.5, 0.6) is 0 Å². The smallest absolute Gasteiger partial charge is 0.151 e. The van der Waals surface area contributed by atoms with E-state index in [0.717, 1.165) is 0 Å². The van der Waals surface area contributed by atoms with Crippen molar-refractivity contribution in [2.75, 3.05) is 0 Å². The Hall–Kier alpha value is -1.29. The summed E-state index contributed by atoms with van der Waals surface area (Å²) in [4.78, 5) is 3.78. The minimum absolute atomic E-state index is 0.206. The second kappa shape index (κ2) is 3.21. The third kappa shape index (κ3) is 1.59. The van der Waals surface area contributed by atoms with Gasteiger partial charge in [0, 0.05) is 18.0 Å². The summed E-state index contributed by atoms with van der Waals surface area (Å²) < 4.78 is 0. The molecule has 0 saturated carbocycles. The number of hydrogen-bond acceptors (Lipinski definition) is 3. The first kappa shape index (κ1) is 7.81. The number of halogens is 1. The second-order valence-corrected chi connectivity index (χ2v) is 2.28. The maximum absolute atomic E-state index is 5.72. The molecule has 0 radical (unpaired) electrons. The molecular weight excluding hydrogens is 164 g/mol. The van der Waals surface area contributed by atoms with Gasteiger partial charge in [-0.3, -0.25) is 4.98 Å². The van der Waals surface area contributed by atoms with Gasteiger partial charge in [0.2, 0.25) is 0 Å². The highest BCUT2D eigenvalue weighted by molar-refractivity contribution is 6.33. The van der Waals surface area contributed by atoms with Gasteiger partial charge in [0.05, 0.1) is 5.02 Å². The summed E-state index contributed by atoms with van der Waals surface area (Å²) in [5, 5.41) is 3.75. The van der Waals surface area contributed by atoms with Gasteiger partial charge in [0.25, 0.3) is 0 Å². The van der Waals surface area contributed by atoms with Crippen molar-refractivity contribution in [2.24, 2.45) is 16.7 Å². The average Bonchev–Trinajstić information content (AvgIpc) is 2.04. The van der Waals surface area contributed by atoms with Crippen LogP contribution in [0.2, 0.25) is 5.02 Å². The van der Waals surface area contributed by atoms with Crippen LogP contribution in [0.4, 0.5) is 0 Å². The Morgan fingerprint density at radius 3 is 2.91 bits per heavy atom. The first-order valence-corrected chi connectivity index (χ1v) is 3.26. The molecule has 1 aromatic rings. The SMILES string of the molecule is N/N=C(\N)c1ccncc1Cl. The lowest BCUT2D eigenvalue weighted by molar-refractivity contribution is 1.22. The summed E-state index contributed by atoms with van der Waals surface area (Å²) in [6.45, 7) is 0. The zero-order valence-corrected chi connectivity index (χ0v) is 6.42. The van der Waals surface area contributed by atoms with Crippen LogP contribution in [0.1, 0.15) is 5.56 Å². The van der Waals surface area contributed by atoms with E-state index in [4.69, 9.17) is 23.2 Å². The van der Waals surface area contributed by atoms with Crippen molar-refractivity contribution in [3.8, 4) is 0 Å². The molecule has 0 aliphatic carbocycles. The molecule has 1 heterocycles. The molecule has 0 unspecified atom stereocenters. The summed E-state index contributed by atoms with van der Waals surface area (Å²) in [6.07, 6.45) is 3.05. The molecule has 0 amide bonds. The lowest BCUT2D eigenvalue weighted by Gasteiger charge is -1.99. The number of hydrogen-bond donors (Lipinski definition) is 2. The fourth-order valence-electron chi connectivity index (χ4n) is 0.652. The number of hydrazone groups is 1. The van der Waals surface area contributed by atoms with E-state index in [-0.39, 0.29) is 5.84 Å². The molecule has 5 heteroatoms. The van der Waals surface area contributed by atoms with E-state index < -0.39 is 0 Å². The summed E-state index contributed by atoms with van der Waals surface area (Å²) in [5.74, 6) is 5.16. The third-order valence-electron chi connectivity index (χ3n) is 1.19. The predicted octanol–water partition coefficient (Wildman–Crippen LogP) is 0.314. The molecule has 0 aliphatic heterocycles. The molecule has 58 valence electrons. The largest absolute Gasteiger partial charge is 0.382 e. The molecule has 0 aliphatic rings. The van der Waals surface area contributed by atoms with Crippen molar-refractivity contribution in [1.82, 2.24) is 4.98 Å². The van der Waals surface area contributed by atoms with E-state index in [0.29, 0.717) is 10.6 Å². The second-order valence-electron chi connectivity index (χ2n) is 1.87. The van der Waals surface area contributed by atoms with Crippen LogP contribution >= 0.6 is 11.6 Å². The van der Waals surface area contributed by atoms with Crippen molar-refractivity contribution in [2.45, 2.75) is 0 Å². The summed E-state index contributed by atoms with van der Waals surface area (Å²) in [7, 11) is 0. The molecule has 11 heavy (non-hydrogen) atoms. The lowest BCUT2D eigenvalue weighted by atomic mass is 10.2. The van der Waals surface area contributed by atoms with Crippen molar-refractivity contribution in [1.29, 1.82) is 0 Å². The topological polar surface area (TPSA) is 77.3 Å². The van der Waals surface area contributed by atoms with E-state index in [9.17, 15) is 0 Å². The van der Waals surface area contributed by atoms with Crippen LogP contribution in [0.25, 0.3) is 0 Å².